The maximum Gasteiger partial charge on any atom is 0.318 e. The quantitative estimate of drug-likeness (QED) is 0.722. The van der Waals surface area contributed by atoms with E-state index in [1.807, 2.05) is 70.1 Å². The van der Waals surface area contributed by atoms with Crippen molar-refractivity contribution in [1.29, 1.82) is 0 Å². The Labute approximate surface area is 151 Å². The van der Waals surface area contributed by atoms with Crippen molar-refractivity contribution in [2.45, 2.75) is 13.3 Å². The van der Waals surface area contributed by atoms with E-state index < -0.39 is 0 Å². The Morgan fingerprint density at radius 3 is 2.35 bits per heavy atom. The first kappa shape index (κ1) is 16.4. The molecule has 1 aromatic carbocycles. The summed E-state index contributed by atoms with van der Waals surface area (Å²) in [6.45, 7) is 4.65. The number of aryl methyl sites for hydroxylation is 1. The molecule has 0 aliphatic carbocycles. The molecule has 26 heavy (non-hydrogen) atoms. The lowest BCUT2D eigenvalue weighted by molar-refractivity contribution is 0.0745. The summed E-state index contributed by atoms with van der Waals surface area (Å²) >= 11 is 0. The van der Waals surface area contributed by atoms with Gasteiger partial charge in [0.25, 0.3) is 5.91 Å². The number of nitrogens with zero attached hydrogens (tertiary/aromatic N) is 5. The second kappa shape index (κ2) is 7.03. The zero-order chi connectivity index (χ0) is 17.9. The minimum Gasteiger partial charge on any atom is -0.408 e. The van der Waals surface area contributed by atoms with E-state index in [9.17, 15) is 4.79 Å². The second-order valence-electron chi connectivity index (χ2n) is 6.25. The zero-order valence-electron chi connectivity index (χ0n) is 14.7. The molecule has 2 aromatic heterocycles. The SMILES string of the molecule is CCc1nnc(N2CCN(C(=O)c3ccc(-n4cccc4)cc3)CC2)o1. The Bertz CT molecular complexity index is 862. The van der Waals surface area contributed by atoms with Gasteiger partial charge in [0.1, 0.15) is 0 Å². The normalized spacial score (nSPS) is 14.7. The van der Waals surface area contributed by atoms with Crippen LogP contribution in [-0.2, 0) is 6.42 Å². The van der Waals surface area contributed by atoms with Gasteiger partial charge in [-0.3, -0.25) is 4.79 Å². The van der Waals surface area contributed by atoms with Crippen molar-refractivity contribution in [3.05, 3.63) is 60.2 Å². The Morgan fingerprint density at radius 2 is 1.73 bits per heavy atom. The molecule has 0 unspecified atom stereocenters. The fourth-order valence-electron chi connectivity index (χ4n) is 3.08. The van der Waals surface area contributed by atoms with Crippen molar-refractivity contribution in [2.24, 2.45) is 0 Å². The second-order valence-corrected chi connectivity index (χ2v) is 6.25. The molecule has 134 valence electrons. The number of hydrogen-bond acceptors (Lipinski definition) is 5. The van der Waals surface area contributed by atoms with Crippen LogP contribution in [0.4, 0.5) is 6.01 Å². The van der Waals surface area contributed by atoms with Crippen LogP contribution >= 0.6 is 0 Å². The topological polar surface area (TPSA) is 67.4 Å². The largest absolute Gasteiger partial charge is 0.408 e. The number of anilines is 1. The number of hydrogen-bond donors (Lipinski definition) is 0. The molecule has 1 amide bonds. The monoisotopic (exact) mass is 351 g/mol. The number of amides is 1. The van der Waals surface area contributed by atoms with E-state index in [4.69, 9.17) is 4.42 Å². The maximum absolute atomic E-state index is 12.7. The smallest absolute Gasteiger partial charge is 0.318 e. The minimum absolute atomic E-state index is 0.0588. The lowest BCUT2D eigenvalue weighted by Crippen LogP contribution is -2.48. The van der Waals surface area contributed by atoms with Gasteiger partial charge in [0, 0.05) is 56.2 Å². The van der Waals surface area contributed by atoms with Crippen LogP contribution in [0.1, 0.15) is 23.2 Å². The summed E-state index contributed by atoms with van der Waals surface area (Å²) in [5.41, 5.74) is 1.75. The molecule has 0 radical (unpaired) electrons. The van der Waals surface area contributed by atoms with Crippen molar-refractivity contribution in [3.8, 4) is 5.69 Å². The summed E-state index contributed by atoms with van der Waals surface area (Å²) in [5, 5.41) is 8.08. The molecule has 0 bridgehead atoms. The average molecular weight is 351 g/mol. The van der Waals surface area contributed by atoms with E-state index in [2.05, 4.69) is 10.2 Å². The fraction of sp³-hybridized carbons (Fsp3) is 0.316. The predicted octanol–water partition coefficient (Wildman–Crippen LogP) is 2.39. The summed E-state index contributed by atoms with van der Waals surface area (Å²) in [7, 11) is 0. The van der Waals surface area contributed by atoms with Crippen LogP contribution in [0.3, 0.4) is 0 Å². The molecule has 0 atom stereocenters. The molecule has 3 aromatic rings. The van der Waals surface area contributed by atoms with E-state index >= 15 is 0 Å². The van der Waals surface area contributed by atoms with E-state index in [1.54, 1.807) is 0 Å². The van der Waals surface area contributed by atoms with Crippen molar-refractivity contribution >= 4 is 11.9 Å². The molecule has 1 fully saturated rings. The van der Waals surface area contributed by atoms with Gasteiger partial charge in [0.05, 0.1) is 0 Å². The van der Waals surface area contributed by atoms with Gasteiger partial charge in [-0.25, -0.2) is 0 Å². The van der Waals surface area contributed by atoms with Gasteiger partial charge in [0.15, 0.2) is 0 Å². The number of benzene rings is 1. The first-order valence-electron chi connectivity index (χ1n) is 8.84. The maximum atomic E-state index is 12.7. The van der Waals surface area contributed by atoms with Crippen LogP contribution < -0.4 is 4.90 Å². The molecule has 0 spiro atoms. The van der Waals surface area contributed by atoms with Crippen LogP contribution in [0.15, 0.2) is 53.2 Å². The summed E-state index contributed by atoms with van der Waals surface area (Å²) in [5.74, 6) is 0.699. The minimum atomic E-state index is 0.0588. The average Bonchev–Trinajstić information content (AvgIpc) is 3.40. The predicted molar refractivity (Wildman–Crippen MR) is 97.6 cm³/mol. The van der Waals surface area contributed by atoms with Crippen LogP contribution in [0.25, 0.3) is 5.69 Å². The van der Waals surface area contributed by atoms with Gasteiger partial charge in [-0.05, 0) is 36.4 Å². The van der Waals surface area contributed by atoms with Crippen LogP contribution in [0.2, 0.25) is 0 Å². The summed E-state index contributed by atoms with van der Waals surface area (Å²) < 4.78 is 7.61. The van der Waals surface area contributed by atoms with Gasteiger partial charge in [-0.15, -0.1) is 5.10 Å². The highest BCUT2D eigenvalue weighted by Gasteiger charge is 2.24. The third-order valence-electron chi connectivity index (χ3n) is 4.61. The first-order valence-corrected chi connectivity index (χ1v) is 8.84. The van der Waals surface area contributed by atoms with E-state index in [-0.39, 0.29) is 5.91 Å². The Morgan fingerprint density at radius 1 is 1.04 bits per heavy atom. The number of carbonyl (C=O) groups excluding carboxylic acids is 1. The van der Waals surface area contributed by atoms with E-state index in [0.717, 1.165) is 12.1 Å². The standard InChI is InChI=1S/C19H21N5O2/c1-2-17-20-21-19(26-17)24-13-11-23(12-14-24)18(25)15-5-7-16(8-6-15)22-9-3-4-10-22/h3-10H,2,11-14H2,1H3. The van der Waals surface area contributed by atoms with Gasteiger partial charge in [-0.1, -0.05) is 12.0 Å². The Kier molecular flexibility index (Phi) is 4.43. The molecule has 1 saturated heterocycles. The molecule has 0 saturated carbocycles. The molecule has 3 heterocycles. The number of carbonyl (C=O) groups is 1. The number of aromatic nitrogens is 3. The lowest BCUT2D eigenvalue weighted by atomic mass is 10.1. The molecule has 1 aliphatic rings. The van der Waals surface area contributed by atoms with Crippen molar-refractivity contribution < 1.29 is 9.21 Å². The molecule has 0 N–H and O–H groups in total. The Balaban J connectivity index is 1.38. The molecular formula is C19H21N5O2. The fourth-order valence-corrected chi connectivity index (χ4v) is 3.08. The van der Waals surface area contributed by atoms with E-state index in [0.29, 0.717) is 43.6 Å². The number of rotatable bonds is 4. The highest BCUT2D eigenvalue weighted by atomic mass is 16.4. The highest BCUT2D eigenvalue weighted by Crippen LogP contribution is 2.17. The molecule has 1 aliphatic heterocycles. The Hall–Kier alpha value is -3.09. The van der Waals surface area contributed by atoms with E-state index in [1.165, 1.54) is 0 Å². The van der Waals surface area contributed by atoms with Crippen molar-refractivity contribution in [2.75, 3.05) is 31.1 Å². The van der Waals surface area contributed by atoms with Crippen LogP contribution in [-0.4, -0.2) is 51.8 Å². The summed E-state index contributed by atoms with van der Waals surface area (Å²) in [6.07, 6.45) is 4.69. The van der Waals surface area contributed by atoms with Gasteiger partial charge in [0.2, 0.25) is 5.89 Å². The van der Waals surface area contributed by atoms with Crippen LogP contribution in [0, 0.1) is 0 Å². The summed E-state index contributed by atoms with van der Waals surface area (Å²) in [4.78, 5) is 16.6. The van der Waals surface area contributed by atoms with Gasteiger partial charge >= 0.3 is 6.01 Å². The molecule has 7 heteroatoms. The zero-order valence-corrected chi connectivity index (χ0v) is 14.7. The molecule has 7 nitrogen and oxygen atoms in total. The van der Waals surface area contributed by atoms with Gasteiger partial charge < -0.3 is 18.8 Å². The van der Waals surface area contributed by atoms with Crippen molar-refractivity contribution in [1.82, 2.24) is 19.7 Å². The number of piperazine rings is 1. The lowest BCUT2D eigenvalue weighted by Gasteiger charge is -2.33. The summed E-state index contributed by atoms with van der Waals surface area (Å²) in [6, 6.07) is 12.2. The third kappa shape index (κ3) is 3.20. The van der Waals surface area contributed by atoms with Gasteiger partial charge in [-0.2, -0.15) is 0 Å². The first-order chi connectivity index (χ1) is 12.7. The molecule has 4 rings (SSSR count). The van der Waals surface area contributed by atoms with Crippen LogP contribution in [0.5, 0.6) is 0 Å². The molecular weight excluding hydrogens is 330 g/mol. The van der Waals surface area contributed by atoms with Crippen molar-refractivity contribution in [3.63, 3.8) is 0 Å². The highest BCUT2D eigenvalue weighted by molar-refractivity contribution is 5.94. The third-order valence-corrected chi connectivity index (χ3v) is 4.61.